The number of amides is 2. The molecule has 154 valence electrons. The van der Waals surface area contributed by atoms with Gasteiger partial charge in [-0.15, -0.1) is 0 Å². The molecule has 0 radical (unpaired) electrons. The standard InChI is InChI=1S/C22H27N3O4/c1-2-28-20-13-18(22(27)24-15-17-7-6-10-23-14-17)8-9-19(20)29-16-21(26)25-11-4-3-5-12-25/h6-10,13-14H,2-5,11-12,15-16H2,1H3,(H,24,27). The van der Waals surface area contributed by atoms with Crippen LogP contribution < -0.4 is 14.8 Å². The van der Waals surface area contributed by atoms with Gasteiger partial charge in [-0.2, -0.15) is 0 Å². The van der Waals surface area contributed by atoms with Crippen molar-refractivity contribution in [2.24, 2.45) is 0 Å². The normalized spacial score (nSPS) is 13.6. The van der Waals surface area contributed by atoms with Crippen LogP contribution in [-0.4, -0.2) is 48.0 Å². The fourth-order valence-electron chi connectivity index (χ4n) is 3.20. The Kier molecular flexibility index (Phi) is 7.44. The first-order valence-electron chi connectivity index (χ1n) is 10.0. The number of nitrogens with zero attached hydrogens (tertiary/aromatic N) is 2. The molecule has 1 aromatic carbocycles. The van der Waals surface area contributed by atoms with Crippen molar-refractivity contribution >= 4 is 11.8 Å². The van der Waals surface area contributed by atoms with E-state index in [1.807, 2.05) is 24.0 Å². The predicted octanol–water partition coefficient (Wildman–Crippen LogP) is 2.80. The van der Waals surface area contributed by atoms with Crippen LogP contribution in [0.15, 0.2) is 42.7 Å². The average Bonchev–Trinajstić information content (AvgIpc) is 2.78. The SMILES string of the molecule is CCOc1cc(C(=O)NCc2cccnc2)ccc1OCC(=O)N1CCCCC1. The molecule has 3 rings (SSSR count). The van der Waals surface area contributed by atoms with E-state index in [0.29, 0.717) is 30.2 Å². The zero-order chi connectivity index (χ0) is 20.5. The second-order valence-electron chi connectivity index (χ2n) is 6.87. The van der Waals surface area contributed by atoms with Gasteiger partial charge in [0.05, 0.1) is 6.61 Å². The van der Waals surface area contributed by atoms with Crippen LogP contribution in [-0.2, 0) is 11.3 Å². The third-order valence-electron chi connectivity index (χ3n) is 4.74. The second kappa shape index (κ2) is 10.5. The van der Waals surface area contributed by atoms with Crippen LogP contribution in [0.3, 0.4) is 0 Å². The summed E-state index contributed by atoms with van der Waals surface area (Å²) in [4.78, 5) is 30.7. The first-order valence-corrected chi connectivity index (χ1v) is 10.0. The Hall–Kier alpha value is -3.09. The van der Waals surface area contributed by atoms with Crippen molar-refractivity contribution in [1.82, 2.24) is 15.2 Å². The van der Waals surface area contributed by atoms with Crippen LogP contribution >= 0.6 is 0 Å². The number of hydrogen-bond acceptors (Lipinski definition) is 5. The van der Waals surface area contributed by atoms with Crippen LogP contribution in [0.5, 0.6) is 11.5 Å². The highest BCUT2D eigenvalue weighted by Crippen LogP contribution is 2.28. The molecule has 0 saturated carbocycles. The van der Waals surface area contributed by atoms with Gasteiger partial charge in [0.15, 0.2) is 18.1 Å². The fourth-order valence-corrected chi connectivity index (χ4v) is 3.20. The minimum Gasteiger partial charge on any atom is -0.490 e. The number of likely N-dealkylation sites (tertiary alicyclic amines) is 1. The van der Waals surface area contributed by atoms with Gasteiger partial charge >= 0.3 is 0 Å². The van der Waals surface area contributed by atoms with Crippen LogP contribution in [0, 0.1) is 0 Å². The van der Waals surface area contributed by atoms with Gasteiger partial charge in [-0.25, -0.2) is 0 Å². The van der Waals surface area contributed by atoms with Gasteiger partial charge in [-0.1, -0.05) is 6.07 Å². The largest absolute Gasteiger partial charge is 0.490 e. The molecule has 7 heteroatoms. The lowest BCUT2D eigenvalue weighted by Gasteiger charge is -2.26. The average molecular weight is 397 g/mol. The highest BCUT2D eigenvalue weighted by Gasteiger charge is 2.18. The lowest BCUT2D eigenvalue weighted by atomic mass is 10.1. The van der Waals surface area contributed by atoms with Gasteiger partial charge < -0.3 is 19.7 Å². The number of hydrogen-bond donors (Lipinski definition) is 1. The molecule has 1 aromatic heterocycles. The van der Waals surface area contributed by atoms with Gasteiger partial charge in [-0.3, -0.25) is 14.6 Å². The fraction of sp³-hybridized carbons (Fsp3) is 0.409. The maximum Gasteiger partial charge on any atom is 0.260 e. The number of carbonyl (C=O) groups is 2. The Labute approximate surface area is 171 Å². The third-order valence-corrected chi connectivity index (χ3v) is 4.74. The van der Waals surface area contributed by atoms with E-state index in [4.69, 9.17) is 9.47 Å². The third kappa shape index (κ3) is 5.94. The summed E-state index contributed by atoms with van der Waals surface area (Å²) >= 11 is 0. The van der Waals surface area contributed by atoms with E-state index in [0.717, 1.165) is 31.5 Å². The maximum absolute atomic E-state index is 12.5. The van der Waals surface area contributed by atoms with Gasteiger partial charge in [0, 0.05) is 37.6 Å². The Morgan fingerprint density at radius 1 is 1.10 bits per heavy atom. The van der Waals surface area contributed by atoms with E-state index in [2.05, 4.69) is 10.3 Å². The second-order valence-corrected chi connectivity index (χ2v) is 6.87. The van der Waals surface area contributed by atoms with E-state index in [1.54, 1.807) is 30.6 Å². The minimum atomic E-state index is -0.217. The molecule has 1 aliphatic rings. The molecule has 1 saturated heterocycles. The Balaban J connectivity index is 1.61. The minimum absolute atomic E-state index is 0.0227. The molecule has 2 amide bonds. The number of aromatic nitrogens is 1. The Bertz CT molecular complexity index is 820. The molecule has 0 bridgehead atoms. The van der Waals surface area contributed by atoms with Crippen molar-refractivity contribution in [1.29, 1.82) is 0 Å². The molecular formula is C22H27N3O4. The first-order chi connectivity index (χ1) is 14.2. The molecule has 0 atom stereocenters. The number of pyridine rings is 1. The lowest BCUT2D eigenvalue weighted by molar-refractivity contribution is -0.134. The number of nitrogens with one attached hydrogen (secondary N) is 1. The molecule has 0 spiro atoms. The van der Waals surface area contributed by atoms with Crippen molar-refractivity contribution in [2.75, 3.05) is 26.3 Å². The number of ether oxygens (including phenoxy) is 2. The molecule has 1 aliphatic heterocycles. The number of carbonyl (C=O) groups excluding carboxylic acids is 2. The van der Waals surface area contributed by atoms with Gasteiger partial charge in [0.25, 0.3) is 11.8 Å². The molecule has 0 aliphatic carbocycles. The summed E-state index contributed by atoms with van der Waals surface area (Å²) in [7, 11) is 0. The predicted molar refractivity (Wildman–Crippen MR) is 109 cm³/mol. The molecule has 2 aromatic rings. The van der Waals surface area contributed by atoms with Crippen molar-refractivity contribution in [2.45, 2.75) is 32.7 Å². The monoisotopic (exact) mass is 397 g/mol. The molecule has 1 N–H and O–H groups in total. The van der Waals surface area contributed by atoms with E-state index in [-0.39, 0.29) is 18.4 Å². The summed E-state index contributed by atoms with van der Waals surface area (Å²) in [5.41, 5.74) is 1.38. The maximum atomic E-state index is 12.5. The van der Waals surface area contributed by atoms with E-state index >= 15 is 0 Å². The van der Waals surface area contributed by atoms with E-state index < -0.39 is 0 Å². The molecule has 0 unspecified atom stereocenters. The van der Waals surface area contributed by atoms with Gasteiger partial charge in [0.1, 0.15) is 0 Å². The summed E-state index contributed by atoms with van der Waals surface area (Å²) in [6.45, 7) is 4.22. The Morgan fingerprint density at radius 2 is 1.93 bits per heavy atom. The van der Waals surface area contributed by atoms with E-state index in [9.17, 15) is 9.59 Å². The molecule has 1 fully saturated rings. The highest BCUT2D eigenvalue weighted by atomic mass is 16.5. The molecular weight excluding hydrogens is 370 g/mol. The van der Waals surface area contributed by atoms with Gasteiger partial charge in [-0.05, 0) is 56.0 Å². The van der Waals surface area contributed by atoms with Gasteiger partial charge in [0.2, 0.25) is 0 Å². The van der Waals surface area contributed by atoms with Crippen LogP contribution in [0.2, 0.25) is 0 Å². The number of piperidine rings is 1. The zero-order valence-corrected chi connectivity index (χ0v) is 16.7. The van der Waals surface area contributed by atoms with Crippen LogP contribution in [0.1, 0.15) is 42.1 Å². The first kappa shape index (κ1) is 20.6. The van der Waals surface area contributed by atoms with Crippen molar-refractivity contribution in [3.05, 3.63) is 53.9 Å². The summed E-state index contributed by atoms with van der Waals surface area (Å²) in [6, 6.07) is 8.71. The van der Waals surface area contributed by atoms with Crippen molar-refractivity contribution in [3.8, 4) is 11.5 Å². The topological polar surface area (TPSA) is 80.8 Å². The summed E-state index contributed by atoms with van der Waals surface area (Å²) < 4.78 is 11.3. The smallest absolute Gasteiger partial charge is 0.260 e. The quantitative estimate of drug-likeness (QED) is 0.741. The zero-order valence-electron chi connectivity index (χ0n) is 16.7. The number of rotatable bonds is 8. The lowest BCUT2D eigenvalue weighted by Crippen LogP contribution is -2.38. The van der Waals surface area contributed by atoms with E-state index in [1.165, 1.54) is 6.42 Å². The highest BCUT2D eigenvalue weighted by molar-refractivity contribution is 5.94. The van der Waals surface area contributed by atoms with Crippen LogP contribution in [0.4, 0.5) is 0 Å². The molecule has 7 nitrogen and oxygen atoms in total. The van der Waals surface area contributed by atoms with Crippen molar-refractivity contribution in [3.63, 3.8) is 0 Å². The van der Waals surface area contributed by atoms with Crippen LogP contribution in [0.25, 0.3) is 0 Å². The molecule has 29 heavy (non-hydrogen) atoms. The summed E-state index contributed by atoms with van der Waals surface area (Å²) in [5, 5.41) is 2.86. The molecule has 2 heterocycles. The number of benzene rings is 1. The summed E-state index contributed by atoms with van der Waals surface area (Å²) in [6.07, 6.45) is 6.65. The van der Waals surface area contributed by atoms with Crippen molar-refractivity contribution < 1.29 is 19.1 Å². The Morgan fingerprint density at radius 3 is 2.66 bits per heavy atom. The summed E-state index contributed by atoms with van der Waals surface area (Å²) in [5.74, 6) is 0.671.